The second-order valence-corrected chi connectivity index (χ2v) is 8.14. The molecule has 2 aliphatic rings. The van der Waals surface area contributed by atoms with Crippen molar-refractivity contribution in [1.29, 1.82) is 0 Å². The first kappa shape index (κ1) is 19.1. The van der Waals surface area contributed by atoms with Crippen molar-refractivity contribution in [2.45, 2.75) is 32.2 Å². The summed E-state index contributed by atoms with van der Waals surface area (Å²) in [6.45, 7) is 4.67. The molecule has 2 aliphatic heterocycles. The van der Waals surface area contributed by atoms with E-state index >= 15 is 0 Å². The van der Waals surface area contributed by atoms with Crippen molar-refractivity contribution in [2.75, 3.05) is 39.9 Å². The Morgan fingerprint density at radius 3 is 2.96 bits per heavy atom. The molecule has 1 atom stereocenters. The number of hydrogen-bond donors (Lipinski definition) is 0. The molecule has 4 heterocycles. The molecule has 0 bridgehead atoms. The van der Waals surface area contributed by atoms with Gasteiger partial charge in [0.15, 0.2) is 0 Å². The van der Waals surface area contributed by atoms with E-state index in [1.165, 1.54) is 0 Å². The van der Waals surface area contributed by atoms with Gasteiger partial charge in [-0.15, -0.1) is 0 Å². The van der Waals surface area contributed by atoms with Crippen LogP contribution in [-0.2, 0) is 16.1 Å². The Bertz CT molecular complexity index is 912. The van der Waals surface area contributed by atoms with Gasteiger partial charge in [0.25, 0.3) is 5.56 Å². The normalized spacial score (nSPS) is 23.6. The molecule has 0 radical (unpaired) electrons. The summed E-state index contributed by atoms with van der Waals surface area (Å²) in [7, 11) is 1.67. The molecule has 0 aliphatic carbocycles. The van der Waals surface area contributed by atoms with Crippen molar-refractivity contribution >= 4 is 11.6 Å². The van der Waals surface area contributed by atoms with E-state index in [-0.39, 0.29) is 16.9 Å². The van der Waals surface area contributed by atoms with Crippen molar-refractivity contribution < 1.29 is 9.53 Å². The first-order valence-corrected chi connectivity index (χ1v) is 10.0. The maximum atomic E-state index is 12.4. The third-order valence-corrected chi connectivity index (χ3v) is 6.06. The molecule has 0 aromatic carbocycles. The predicted molar refractivity (Wildman–Crippen MR) is 106 cm³/mol. The Balaban J connectivity index is 1.48. The topological polar surface area (TPSA) is 67.2 Å². The highest BCUT2D eigenvalue weighted by atomic mass is 16.5. The monoisotopic (exact) mass is 384 g/mol. The molecule has 2 fully saturated rings. The minimum Gasteiger partial charge on any atom is -0.383 e. The van der Waals surface area contributed by atoms with Gasteiger partial charge in [0, 0.05) is 57.4 Å². The number of rotatable bonds is 5. The molecule has 2 saturated heterocycles. The zero-order valence-electron chi connectivity index (χ0n) is 16.5. The summed E-state index contributed by atoms with van der Waals surface area (Å²) in [4.78, 5) is 33.7. The number of amides is 1. The van der Waals surface area contributed by atoms with Crippen molar-refractivity contribution in [3.63, 3.8) is 0 Å². The van der Waals surface area contributed by atoms with Crippen molar-refractivity contribution in [2.24, 2.45) is 5.41 Å². The Kier molecular flexibility index (Phi) is 5.46. The van der Waals surface area contributed by atoms with E-state index in [4.69, 9.17) is 4.74 Å². The van der Waals surface area contributed by atoms with Crippen LogP contribution in [0, 0.1) is 5.41 Å². The Morgan fingerprint density at radius 2 is 2.11 bits per heavy atom. The number of aromatic nitrogens is 2. The van der Waals surface area contributed by atoms with Gasteiger partial charge >= 0.3 is 0 Å². The number of carbonyl (C=O) groups is 1. The number of piperidine rings is 2. The summed E-state index contributed by atoms with van der Waals surface area (Å²) in [5, 5.41) is 0. The van der Waals surface area contributed by atoms with E-state index < -0.39 is 0 Å². The summed E-state index contributed by atoms with van der Waals surface area (Å²) in [6.07, 6.45) is 5.57. The second kappa shape index (κ2) is 8.01. The summed E-state index contributed by atoms with van der Waals surface area (Å²) in [5.41, 5.74) is 1.61. The van der Waals surface area contributed by atoms with Crippen LogP contribution >= 0.6 is 0 Å². The molecule has 2 aromatic heterocycles. The van der Waals surface area contributed by atoms with Gasteiger partial charge < -0.3 is 9.64 Å². The Hall–Kier alpha value is -2.25. The molecule has 150 valence electrons. The second-order valence-electron chi connectivity index (χ2n) is 8.14. The number of nitrogens with zero attached hydrogens (tertiary/aromatic N) is 4. The number of pyridine rings is 1. The van der Waals surface area contributed by atoms with E-state index in [0.29, 0.717) is 31.8 Å². The lowest BCUT2D eigenvalue weighted by Gasteiger charge is -2.48. The average Bonchev–Trinajstić information content (AvgIpc) is 2.69. The molecule has 1 amide bonds. The number of likely N-dealkylation sites (tertiary alicyclic amines) is 2. The van der Waals surface area contributed by atoms with Crippen LogP contribution in [0.2, 0.25) is 0 Å². The van der Waals surface area contributed by atoms with Gasteiger partial charge in [-0.1, -0.05) is 6.07 Å². The number of hydrogen-bond acceptors (Lipinski definition) is 5. The maximum Gasteiger partial charge on any atom is 0.258 e. The van der Waals surface area contributed by atoms with Crippen molar-refractivity contribution in [3.8, 4) is 0 Å². The van der Waals surface area contributed by atoms with E-state index in [1.54, 1.807) is 23.8 Å². The first-order valence-electron chi connectivity index (χ1n) is 10.0. The zero-order chi connectivity index (χ0) is 19.6. The lowest BCUT2D eigenvalue weighted by atomic mass is 9.73. The first-order chi connectivity index (χ1) is 13.6. The lowest BCUT2D eigenvalue weighted by molar-refractivity contribution is -0.140. The number of ether oxygens (including phenoxy) is 1. The highest BCUT2D eigenvalue weighted by Gasteiger charge is 2.41. The smallest absolute Gasteiger partial charge is 0.258 e. The van der Waals surface area contributed by atoms with Crippen LogP contribution < -0.4 is 5.56 Å². The molecule has 7 heteroatoms. The molecule has 1 spiro atoms. The third kappa shape index (κ3) is 3.95. The molecule has 4 rings (SSSR count). The Morgan fingerprint density at radius 1 is 1.21 bits per heavy atom. The van der Waals surface area contributed by atoms with Gasteiger partial charge in [0.1, 0.15) is 5.65 Å². The standard InChI is InChI=1S/C21H28N4O3/c1-28-12-11-24-16-21(8-6-19(24)26)7-4-9-23(15-21)14-17-13-20(27)25-10-3-2-5-18(25)22-17/h2-3,5,10,13H,4,6-9,11-12,14-16H2,1H3/t21-/m0/s1. The molecule has 0 N–H and O–H groups in total. The minimum atomic E-state index is -0.0404. The summed E-state index contributed by atoms with van der Waals surface area (Å²) in [6, 6.07) is 7.24. The fourth-order valence-electron chi connectivity index (χ4n) is 4.70. The fourth-order valence-corrected chi connectivity index (χ4v) is 4.70. The quantitative estimate of drug-likeness (QED) is 0.782. The van der Waals surface area contributed by atoms with Crippen LogP contribution in [0.5, 0.6) is 0 Å². The summed E-state index contributed by atoms with van der Waals surface area (Å²) < 4.78 is 6.74. The fraction of sp³-hybridized carbons (Fsp3) is 0.571. The van der Waals surface area contributed by atoms with Crippen LogP contribution in [0.3, 0.4) is 0 Å². The van der Waals surface area contributed by atoms with Gasteiger partial charge in [-0.2, -0.15) is 0 Å². The third-order valence-electron chi connectivity index (χ3n) is 6.06. The van der Waals surface area contributed by atoms with Gasteiger partial charge in [-0.3, -0.25) is 18.9 Å². The number of methoxy groups -OCH3 is 1. The van der Waals surface area contributed by atoms with E-state index in [0.717, 1.165) is 44.6 Å². The van der Waals surface area contributed by atoms with Crippen LogP contribution in [0.15, 0.2) is 35.3 Å². The van der Waals surface area contributed by atoms with E-state index in [9.17, 15) is 9.59 Å². The molecule has 0 saturated carbocycles. The number of carbonyl (C=O) groups excluding carboxylic acids is 1. The molecular formula is C21H28N4O3. The lowest BCUT2D eigenvalue weighted by Crippen LogP contribution is -2.54. The minimum absolute atomic E-state index is 0.0404. The predicted octanol–water partition coefficient (Wildman–Crippen LogP) is 1.55. The average molecular weight is 384 g/mol. The van der Waals surface area contributed by atoms with Gasteiger partial charge in [-0.05, 0) is 37.9 Å². The Labute approximate surface area is 164 Å². The summed E-state index contributed by atoms with van der Waals surface area (Å²) in [5.74, 6) is 0.240. The van der Waals surface area contributed by atoms with Gasteiger partial charge in [0.05, 0.1) is 12.3 Å². The van der Waals surface area contributed by atoms with Gasteiger partial charge in [0.2, 0.25) is 5.91 Å². The van der Waals surface area contributed by atoms with Crippen LogP contribution in [0.25, 0.3) is 5.65 Å². The van der Waals surface area contributed by atoms with Crippen molar-refractivity contribution in [3.05, 3.63) is 46.5 Å². The van der Waals surface area contributed by atoms with Crippen molar-refractivity contribution in [1.82, 2.24) is 19.2 Å². The highest BCUT2D eigenvalue weighted by Crippen LogP contribution is 2.39. The zero-order valence-corrected chi connectivity index (χ0v) is 16.5. The molecule has 0 unspecified atom stereocenters. The summed E-state index contributed by atoms with van der Waals surface area (Å²) >= 11 is 0. The molecule has 7 nitrogen and oxygen atoms in total. The highest BCUT2D eigenvalue weighted by molar-refractivity contribution is 5.77. The van der Waals surface area contributed by atoms with Crippen LogP contribution in [0.4, 0.5) is 0 Å². The van der Waals surface area contributed by atoms with Crippen LogP contribution in [-0.4, -0.2) is 65.0 Å². The number of fused-ring (bicyclic) bond motifs is 1. The van der Waals surface area contributed by atoms with E-state index in [1.807, 2.05) is 23.1 Å². The largest absolute Gasteiger partial charge is 0.383 e. The van der Waals surface area contributed by atoms with Crippen LogP contribution in [0.1, 0.15) is 31.4 Å². The molecular weight excluding hydrogens is 356 g/mol. The van der Waals surface area contributed by atoms with E-state index in [2.05, 4.69) is 9.88 Å². The molecule has 2 aromatic rings. The van der Waals surface area contributed by atoms with Gasteiger partial charge in [-0.25, -0.2) is 4.98 Å². The maximum absolute atomic E-state index is 12.4. The SMILES string of the molecule is COCCN1C[C@@]2(CCCN(Cc3cc(=O)n4ccccc4n3)C2)CCC1=O. The molecule has 28 heavy (non-hydrogen) atoms.